The highest BCUT2D eigenvalue weighted by Crippen LogP contribution is 2.29. The van der Waals surface area contributed by atoms with Gasteiger partial charge in [0.15, 0.2) is 5.65 Å². The van der Waals surface area contributed by atoms with Crippen molar-refractivity contribution in [2.75, 3.05) is 5.32 Å². The van der Waals surface area contributed by atoms with E-state index < -0.39 is 0 Å². The molecule has 7 nitrogen and oxygen atoms in total. The van der Waals surface area contributed by atoms with E-state index in [1.165, 1.54) is 0 Å². The lowest BCUT2D eigenvalue weighted by Crippen LogP contribution is -2.06. The fourth-order valence-electron chi connectivity index (χ4n) is 3.86. The Bertz CT molecular complexity index is 1480. The van der Waals surface area contributed by atoms with Gasteiger partial charge < -0.3 is 14.3 Å². The van der Waals surface area contributed by atoms with Crippen LogP contribution in [-0.4, -0.2) is 24.1 Å². The molecule has 31 heavy (non-hydrogen) atoms. The lowest BCUT2D eigenvalue weighted by atomic mass is 10.1. The molecule has 150 valence electrons. The van der Waals surface area contributed by atoms with E-state index in [1.54, 1.807) is 12.6 Å². The summed E-state index contributed by atoms with van der Waals surface area (Å²) < 4.78 is 9.43. The van der Waals surface area contributed by atoms with E-state index in [2.05, 4.69) is 67.7 Å². The molecule has 0 aliphatic carbocycles. The number of furan rings is 1. The van der Waals surface area contributed by atoms with Crippen LogP contribution in [0.1, 0.15) is 5.76 Å². The molecule has 0 saturated heterocycles. The molecule has 2 aromatic carbocycles. The molecule has 1 N–H and O–H groups in total. The van der Waals surface area contributed by atoms with Gasteiger partial charge in [-0.25, -0.2) is 4.98 Å². The smallest absolute Gasteiger partial charge is 0.210 e. The van der Waals surface area contributed by atoms with Crippen LogP contribution in [0.2, 0.25) is 0 Å². The first-order chi connectivity index (χ1) is 15.4. The molecule has 0 amide bonds. The summed E-state index contributed by atoms with van der Waals surface area (Å²) in [7, 11) is 0. The lowest BCUT2D eigenvalue weighted by Gasteiger charge is -2.10. The standard InChI is InChI=1S/C24H18N6O/c1-2-5-19(6-3-1)29-11-10-18-13-17(8-9-22(18)29)21-15-26-24(30-16-27-28-23(21)30)25-14-20-7-4-12-31-20/h1-13,15-16H,14H2,(H,25,26). The summed E-state index contributed by atoms with van der Waals surface area (Å²) in [6.07, 6.45) is 7.25. The summed E-state index contributed by atoms with van der Waals surface area (Å²) in [6, 6.07) is 22.6. The summed E-state index contributed by atoms with van der Waals surface area (Å²) in [5, 5.41) is 12.9. The number of anilines is 1. The second-order valence-electron chi connectivity index (χ2n) is 7.25. The first-order valence-corrected chi connectivity index (χ1v) is 9.99. The van der Waals surface area contributed by atoms with Crippen LogP contribution in [0, 0.1) is 0 Å². The average Bonchev–Trinajstić information content (AvgIpc) is 3.58. The topological polar surface area (TPSA) is 73.2 Å². The molecule has 4 aromatic heterocycles. The first kappa shape index (κ1) is 17.5. The molecule has 0 aliphatic heterocycles. The van der Waals surface area contributed by atoms with Crippen LogP contribution in [-0.2, 0) is 6.54 Å². The van der Waals surface area contributed by atoms with Gasteiger partial charge >= 0.3 is 0 Å². The zero-order valence-corrected chi connectivity index (χ0v) is 16.5. The Balaban J connectivity index is 1.38. The third kappa shape index (κ3) is 3.03. The van der Waals surface area contributed by atoms with Crippen molar-refractivity contribution in [2.45, 2.75) is 6.54 Å². The van der Waals surface area contributed by atoms with E-state index in [1.807, 2.05) is 40.9 Å². The van der Waals surface area contributed by atoms with Gasteiger partial charge in [-0.1, -0.05) is 24.3 Å². The minimum atomic E-state index is 0.533. The van der Waals surface area contributed by atoms with Crippen molar-refractivity contribution < 1.29 is 4.42 Å². The molecule has 4 heterocycles. The highest BCUT2D eigenvalue weighted by molar-refractivity contribution is 5.89. The fourth-order valence-corrected chi connectivity index (χ4v) is 3.86. The molecule has 0 spiro atoms. The van der Waals surface area contributed by atoms with Crippen LogP contribution in [0.15, 0.2) is 96.1 Å². The number of hydrogen-bond acceptors (Lipinski definition) is 5. The third-order valence-electron chi connectivity index (χ3n) is 5.37. The second-order valence-corrected chi connectivity index (χ2v) is 7.25. The van der Waals surface area contributed by atoms with Gasteiger partial charge in [0, 0.05) is 29.0 Å². The highest BCUT2D eigenvalue weighted by Gasteiger charge is 2.13. The molecule has 0 unspecified atom stereocenters. The molecule has 6 aromatic rings. The van der Waals surface area contributed by atoms with Crippen LogP contribution in [0.5, 0.6) is 0 Å². The largest absolute Gasteiger partial charge is 0.467 e. The van der Waals surface area contributed by atoms with Crippen LogP contribution in [0.25, 0.3) is 33.4 Å². The minimum Gasteiger partial charge on any atom is -0.467 e. The van der Waals surface area contributed by atoms with E-state index in [9.17, 15) is 0 Å². The summed E-state index contributed by atoms with van der Waals surface area (Å²) >= 11 is 0. The number of fused-ring (bicyclic) bond motifs is 2. The average molecular weight is 406 g/mol. The van der Waals surface area contributed by atoms with Gasteiger partial charge in [-0.2, -0.15) is 0 Å². The Morgan fingerprint density at radius 1 is 0.968 bits per heavy atom. The van der Waals surface area contributed by atoms with E-state index in [0.717, 1.165) is 39.1 Å². The Morgan fingerprint density at radius 2 is 1.90 bits per heavy atom. The predicted octanol–water partition coefficient (Wildman–Crippen LogP) is 4.94. The maximum absolute atomic E-state index is 5.38. The minimum absolute atomic E-state index is 0.533. The quantitative estimate of drug-likeness (QED) is 0.439. The summed E-state index contributed by atoms with van der Waals surface area (Å²) in [5.41, 5.74) is 5.01. The molecule has 0 fully saturated rings. The Hall–Kier alpha value is -4.39. The molecule has 7 heteroatoms. The molecule has 0 bridgehead atoms. The summed E-state index contributed by atoms with van der Waals surface area (Å²) in [6.45, 7) is 0.533. The van der Waals surface area contributed by atoms with Gasteiger partial charge in [0.25, 0.3) is 0 Å². The molecule has 0 radical (unpaired) electrons. The van der Waals surface area contributed by atoms with Crippen LogP contribution in [0.3, 0.4) is 0 Å². The van der Waals surface area contributed by atoms with E-state index in [4.69, 9.17) is 4.42 Å². The highest BCUT2D eigenvalue weighted by atomic mass is 16.3. The molecule has 6 rings (SSSR count). The Morgan fingerprint density at radius 3 is 2.77 bits per heavy atom. The monoisotopic (exact) mass is 406 g/mol. The number of aromatic nitrogens is 5. The summed E-state index contributed by atoms with van der Waals surface area (Å²) in [4.78, 5) is 4.61. The first-order valence-electron chi connectivity index (χ1n) is 9.99. The van der Waals surface area contributed by atoms with Crippen LogP contribution < -0.4 is 5.32 Å². The van der Waals surface area contributed by atoms with Crippen molar-refractivity contribution in [1.82, 2.24) is 24.1 Å². The lowest BCUT2D eigenvalue weighted by molar-refractivity contribution is 0.517. The van der Waals surface area contributed by atoms with Gasteiger partial charge in [-0.3, -0.25) is 4.40 Å². The van der Waals surface area contributed by atoms with Crippen molar-refractivity contribution in [2.24, 2.45) is 0 Å². The van der Waals surface area contributed by atoms with Crippen molar-refractivity contribution in [3.05, 3.63) is 97.5 Å². The number of hydrogen-bond donors (Lipinski definition) is 1. The van der Waals surface area contributed by atoms with Gasteiger partial charge in [-0.15, -0.1) is 10.2 Å². The maximum Gasteiger partial charge on any atom is 0.210 e. The van der Waals surface area contributed by atoms with E-state index in [-0.39, 0.29) is 0 Å². The molecule has 0 atom stereocenters. The van der Waals surface area contributed by atoms with Gasteiger partial charge in [0.1, 0.15) is 12.1 Å². The van der Waals surface area contributed by atoms with E-state index in [0.29, 0.717) is 12.5 Å². The third-order valence-corrected chi connectivity index (χ3v) is 5.37. The zero-order valence-electron chi connectivity index (χ0n) is 16.5. The van der Waals surface area contributed by atoms with Crippen molar-refractivity contribution in [3.8, 4) is 16.8 Å². The van der Waals surface area contributed by atoms with Crippen LogP contribution >= 0.6 is 0 Å². The Labute approximate surface area is 177 Å². The van der Waals surface area contributed by atoms with Crippen LogP contribution in [0.4, 0.5) is 5.95 Å². The number of benzene rings is 2. The van der Waals surface area contributed by atoms with Gasteiger partial charge in [0.2, 0.25) is 5.95 Å². The fraction of sp³-hybridized carbons (Fsp3) is 0.0417. The molecular weight excluding hydrogens is 388 g/mol. The number of para-hydroxylation sites is 1. The number of rotatable bonds is 5. The predicted molar refractivity (Wildman–Crippen MR) is 119 cm³/mol. The maximum atomic E-state index is 5.38. The molecular formula is C24H18N6O. The number of nitrogens with zero attached hydrogens (tertiary/aromatic N) is 5. The zero-order chi connectivity index (χ0) is 20.6. The molecule has 0 saturated carbocycles. The Kier molecular flexibility index (Phi) is 4.02. The van der Waals surface area contributed by atoms with Gasteiger partial charge in [0.05, 0.1) is 18.3 Å². The second kappa shape index (κ2) is 7.14. The number of nitrogens with one attached hydrogen (secondary N) is 1. The molecule has 0 aliphatic rings. The van der Waals surface area contributed by atoms with Crippen molar-refractivity contribution in [1.29, 1.82) is 0 Å². The SMILES string of the molecule is c1ccc(-n2ccc3cc(-c4cnc(NCc5ccco5)n5cnnc45)ccc32)cc1. The van der Waals surface area contributed by atoms with Crippen molar-refractivity contribution >= 4 is 22.5 Å². The normalized spacial score (nSPS) is 11.4. The van der Waals surface area contributed by atoms with E-state index >= 15 is 0 Å². The van der Waals surface area contributed by atoms with Gasteiger partial charge in [-0.05, 0) is 48.0 Å². The summed E-state index contributed by atoms with van der Waals surface area (Å²) in [5.74, 6) is 1.50. The van der Waals surface area contributed by atoms with Crippen molar-refractivity contribution in [3.63, 3.8) is 0 Å².